The molecule has 2 aromatic heterocycles. The van der Waals surface area contributed by atoms with E-state index in [0.717, 1.165) is 44.4 Å². The first-order chi connectivity index (χ1) is 12.1. The average Bonchev–Trinajstić information content (AvgIpc) is 3.20. The van der Waals surface area contributed by atoms with Crippen molar-refractivity contribution in [3.63, 3.8) is 0 Å². The van der Waals surface area contributed by atoms with Gasteiger partial charge in [0.25, 0.3) is 0 Å². The number of fused-ring (bicyclic) bond motifs is 1. The SMILES string of the molecule is N#CC1CCCC1c1cc(F)c2cnc(N)nn12.OC1CCCOC1. The number of halogens is 1. The molecule has 3 unspecified atom stereocenters. The Labute approximate surface area is 145 Å². The number of aliphatic hydroxyl groups excluding tert-OH is 1. The Morgan fingerprint density at radius 1 is 1.36 bits per heavy atom. The lowest BCUT2D eigenvalue weighted by molar-refractivity contribution is -0.00535. The normalized spacial score (nSPS) is 26.0. The fraction of sp³-hybridized carbons (Fsp3) is 0.588. The summed E-state index contributed by atoms with van der Waals surface area (Å²) >= 11 is 0. The molecule has 0 radical (unpaired) electrons. The molecule has 25 heavy (non-hydrogen) atoms. The van der Waals surface area contributed by atoms with E-state index in [1.54, 1.807) is 0 Å². The molecule has 2 aromatic rings. The number of nitrogen functional groups attached to an aromatic ring is 1. The van der Waals surface area contributed by atoms with Gasteiger partial charge in [0.15, 0.2) is 5.82 Å². The summed E-state index contributed by atoms with van der Waals surface area (Å²) in [7, 11) is 0. The van der Waals surface area contributed by atoms with Crippen molar-refractivity contribution in [2.24, 2.45) is 5.92 Å². The maximum absolute atomic E-state index is 13.8. The molecule has 2 fully saturated rings. The van der Waals surface area contributed by atoms with Gasteiger partial charge >= 0.3 is 0 Å². The Kier molecular flexibility index (Phi) is 5.46. The van der Waals surface area contributed by atoms with Gasteiger partial charge in [-0.2, -0.15) is 5.26 Å². The average molecular weight is 347 g/mol. The number of nitriles is 1. The molecule has 3 N–H and O–H groups in total. The molecule has 0 amide bonds. The smallest absolute Gasteiger partial charge is 0.238 e. The first-order valence-corrected chi connectivity index (χ1v) is 8.55. The number of nitrogens with two attached hydrogens (primary N) is 1. The lowest BCUT2D eigenvalue weighted by Crippen LogP contribution is -2.21. The molecule has 3 atom stereocenters. The fourth-order valence-electron chi connectivity index (χ4n) is 3.45. The second kappa shape index (κ2) is 7.76. The fourth-order valence-corrected chi connectivity index (χ4v) is 3.45. The molecule has 0 aromatic carbocycles. The molecule has 7 nitrogen and oxygen atoms in total. The topological polar surface area (TPSA) is 109 Å². The third-order valence-electron chi connectivity index (χ3n) is 4.71. The van der Waals surface area contributed by atoms with E-state index in [2.05, 4.69) is 16.2 Å². The number of aliphatic hydroxyl groups is 1. The summed E-state index contributed by atoms with van der Waals surface area (Å²) in [4.78, 5) is 3.79. The molecule has 3 heterocycles. The molecule has 1 saturated heterocycles. The Morgan fingerprint density at radius 2 is 2.20 bits per heavy atom. The maximum Gasteiger partial charge on any atom is 0.238 e. The molecular weight excluding hydrogens is 325 g/mol. The van der Waals surface area contributed by atoms with Gasteiger partial charge in [-0.25, -0.2) is 13.9 Å². The molecule has 1 aliphatic heterocycles. The van der Waals surface area contributed by atoms with Crippen LogP contribution in [0.5, 0.6) is 0 Å². The van der Waals surface area contributed by atoms with Crippen LogP contribution in [0.3, 0.4) is 0 Å². The second-order valence-electron chi connectivity index (χ2n) is 6.47. The molecule has 4 rings (SSSR count). The van der Waals surface area contributed by atoms with Crippen molar-refractivity contribution < 1.29 is 14.2 Å². The third-order valence-corrected chi connectivity index (χ3v) is 4.71. The molecule has 1 saturated carbocycles. The Balaban J connectivity index is 0.000000219. The standard InChI is InChI=1S/C12H12FN5.C5H10O2/c13-9-4-10(8-3-1-2-7(8)5-14)18-11(9)6-16-12(15)17-18;6-5-2-1-3-7-4-5/h4,6-8H,1-3H2,(H2,15,17);5-6H,1-4H2. The number of hydrogen-bond donors (Lipinski definition) is 2. The molecule has 8 heteroatoms. The van der Waals surface area contributed by atoms with Crippen molar-refractivity contribution in [2.75, 3.05) is 18.9 Å². The third kappa shape index (κ3) is 3.89. The molecular formula is C17H22FN5O2. The summed E-state index contributed by atoms with van der Waals surface area (Å²) < 4.78 is 20.2. The summed E-state index contributed by atoms with van der Waals surface area (Å²) in [5, 5.41) is 21.9. The highest BCUT2D eigenvalue weighted by atomic mass is 19.1. The van der Waals surface area contributed by atoms with E-state index in [9.17, 15) is 4.39 Å². The van der Waals surface area contributed by atoms with Crippen LogP contribution in [0.25, 0.3) is 5.52 Å². The van der Waals surface area contributed by atoms with Gasteiger partial charge in [0.05, 0.1) is 36.6 Å². The Hall–Kier alpha value is -2.24. The summed E-state index contributed by atoms with van der Waals surface area (Å²) in [5.74, 6) is -0.306. The zero-order valence-electron chi connectivity index (χ0n) is 13.9. The van der Waals surface area contributed by atoms with Gasteiger partial charge < -0.3 is 15.6 Å². The van der Waals surface area contributed by atoms with E-state index in [1.165, 1.54) is 16.8 Å². The number of rotatable bonds is 1. The van der Waals surface area contributed by atoms with Gasteiger partial charge in [0.2, 0.25) is 5.95 Å². The van der Waals surface area contributed by atoms with E-state index >= 15 is 0 Å². The van der Waals surface area contributed by atoms with Crippen LogP contribution < -0.4 is 5.73 Å². The van der Waals surface area contributed by atoms with Crippen LogP contribution in [-0.4, -0.2) is 39.0 Å². The molecule has 0 spiro atoms. The summed E-state index contributed by atoms with van der Waals surface area (Å²) in [6, 6.07) is 3.74. The van der Waals surface area contributed by atoms with Gasteiger partial charge in [-0.15, -0.1) is 5.10 Å². The zero-order chi connectivity index (χ0) is 17.8. The minimum atomic E-state index is -0.367. The predicted octanol–water partition coefficient (Wildman–Crippen LogP) is 2.02. The van der Waals surface area contributed by atoms with Crippen molar-refractivity contribution >= 4 is 11.5 Å². The largest absolute Gasteiger partial charge is 0.391 e. The number of aromatic nitrogens is 3. The van der Waals surface area contributed by atoms with E-state index < -0.39 is 0 Å². The Bertz CT molecular complexity index is 766. The number of nitrogens with zero attached hydrogens (tertiary/aromatic N) is 4. The van der Waals surface area contributed by atoms with Crippen LogP contribution in [0.4, 0.5) is 10.3 Å². The second-order valence-corrected chi connectivity index (χ2v) is 6.47. The monoisotopic (exact) mass is 347 g/mol. The van der Waals surface area contributed by atoms with Crippen molar-refractivity contribution in [2.45, 2.75) is 44.1 Å². The lowest BCUT2D eigenvalue weighted by Gasteiger charge is -2.15. The molecule has 0 bridgehead atoms. The quantitative estimate of drug-likeness (QED) is 0.817. The van der Waals surface area contributed by atoms with Gasteiger partial charge in [-0.3, -0.25) is 0 Å². The molecule has 134 valence electrons. The maximum atomic E-state index is 13.8. The van der Waals surface area contributed by atoms with Crippen molar-refractivity contribution in [3.05, 3.63) is 23.8 Å². The highest BCUT2D eigenvalue weighted by molar-refractivity contribution is 5.50. The van der Waals surface area contributed by atoms with Crippen LogP contribution in [0.2, 0.25) is 0 Å². The van der Waals surface area contributed by atoms with Crippen molar-refractivity contribution in [3.8, 4) is 6.07 Å². The van der Waals surface area contributed by atoms with Crippen LogP contribution in [0.15, 0.2) is 12.3 Å². The van der Waals surface area contributed by atoms with Crippen LogP contribution in [0, 0.1) is 23.1 Å². The highest BCUT2D eigenvalue weighted by Gasteiger charge is 2.31. The Morgan fingerprint density at radius 3 is 2.84 bits per heavy atom. The lowest BCUT2D eigenvalue weighted by atomic mass is 9.94. The summed E-state index contributed by atoms with van der Waals surface area (Å²) in [6.07, 6.45) is 5.84. The number of hydrogen-bond acceptors (Lipinski definition) is 6. The van der Waals surface area contributed by atoms with Crippen LogP contribution in [0.1, 0.15) is 43.7 Å². The zero-order valence-corrected chi connectivity index (χ0v) is 13.9. The van der Waals surface area contributed by atoms with Gasteiger partial charge in [-0.1, -0.05) is 6.42 Å². The van der Waals surface area contributed by atoms with Crippen molar-refractivity contribution in [1.29, 1.82) is 5.26 Å². The highest BCUT2D eigenvalue weighted by Crippen LogP contribution is 2.40. The van der Waals surface area contributed by atoms with Crippen LogP contribution >= 0.6 is 0 Å². The summed E-state index contributed by atoms with van der Waals surface area (Å²) in [5.41, 5.74) is 6.57. The summed E-state index contributed by atoms with van der Waals surface area (Å²) in [6.45, 7) is 1.37. The minimum Gasteiger partial charge on any atom is -0.391 e. The van der Waals surface area contributed by atoms with E-state index in [0.29, 0.717) is 12.1 Å². The minimum absolute atomic E-state index is 0.0290. The van der Waals surface area contributed by atoms with E-state index in [4.69, 9.17) is 20.8 Å². The molecule has 2 aliphatic rings. The van der Waals surface area contributed by atoms with Crippen LogP contribution in [-0.2, 0) is 4.74 Å². The number of anilines is 1. The molecule has 1 aliphatic carbocycles. The predicted molar refractivity (Wildman–Crippen MR) is 89.1 cm³/mol. The first kappa shape index (κ1) is 17.6. The first-order valence-electron chi connectivity index (χ1n) is 8.55. The van der Waals surface area contributed by atoms with Crippen molar-refractivity contribution in [1.82, 2.24) is 14.6 Å². The van der Waals surface area contributed by atoms with E-state index in [1.807, 2.05) is 0 Å². The van der Waals surface area contributed by atoms with Gasteiger partial charge in [-0.05, 0) is 31.7 Å². The number of ether oxygens (including phenoxy) is 1. The van der Waals surface area contributed by atoms with Gasteiger partial charge in [0.1, 0.15) is 5.52 Å². The van der Waals surface area contributed by atoms with Gasteiger partial charge in [0, 0.05) is 12.5 Å². The van der Waals surface area contributed by atoms with E-state index in [-0.39, 0.29) is 29.7 Å².